The number of aromatic nitrogens is 2. The number of methoxy groups -OCH3 is 1. The molecule has 0 saturated carbocycles. The van der Waals surface area contributed by atoms with E-state index in [-0.39, 0.29) is 11.7 Å². The predicted octanol–water partition coefficient (Wildman–Crippen LogP) is 5.22. The fraction of sp³-hybridized carbons (Fsp3) is 0.304. The Hall–Kier alpha value is -3.15. The van der Waals surface area contributed by atoms with Gasteiger partial charge in [-0.2, -0.15) is 5.10 Å². The van der Waals surface area contributed by atoms with Crippen molar-refractivity contribution in [3.8, 4) is 17.0 Å². The summed E-state index contributed by atoms with van der Waals surface area (Å²) in [7, 11) is 1.59. The largest absolute Gasteiger partial charge is 0.496 e. The number of hydrogen-bond donors (Lipinski definition) is 1. The van der Waals surface area contributed by atoms with Gasteiger partial charge in [-0.1, -0.05) is 31.5 Å². The maximum absolute atomic E-state index is 13.9. The monoisotopic (exact) mass is 395 g/mol. The lowest BCUT2D eigenvalue weighted by Crippen LogP contribution is -2.13. The second-order valence-corrected chi connectivity index (χ2v) is 7.63. The van der Waals surface area contributed by atoms with Crippen molar-refractivity contribution < 1.29 is 13.9 Å². The lowest BCUT2D eigenvalue weighted by atomic mass is 10.0. The number of amides is 1. The normalized spacial score (nSPS) is 11.0. The molecule has 1 heterocycles. The standard InChI is InChI=1S/C23H26FN3O2/c1-14(2)12-27-13-19(23(28)25-17-8-7-16(4)20(24)11-17)22(26-27)18-10-15(3)6-9-21(18)29-5/h6-11,13-14H,12H2,1-5H3,(H,25,28). The van der Waals surface area contributed by atoms with E-state index in [1.54, 1.807) is 37.0 Å². The number of rotatable bonds is 6. The number of ether oxygens (including phenoxy) is 1. The molecule has 0 atom stereocenters. The first-order valence-electron chi connectivity index (χ1n) is 9.58. The van der Waals surface area contributed by atoms with Crippen LogP contribution in [0.25, 0.3) is 11.3 Å². The highest BCUT2D eigenvalue weighted by atomic mass is 19.1. The van der Waals surface area contributed by atoms with Crippen molar-refractivity contribution in [3.05, 3.63) is 65.1 Å². The van der Waals surface area contributed by atoms with Gasteiger partial charge in [0, 0.05) is 24.0 Å². The molecule has 1 amide bonds. The molecule has 3 rings (SSSR count). The van der Waals surface area contributed by atoms with Gasteiger partial charge in [0.25, 0.3) is 5.91 Å². The molecule has 0 saturated heterocycles. The summed E-state index contributed by atoms with van der Waals surface area (Å²) >= 11 is 0. The minimum atomic E-state index is -0.362. The molecule has 3 aromatic rings. The summed E-state index contributed by atoms with van der Waals surface area (Å²) < 4.78 is 21.1. The van der Waals surface area contributed by atoms with Crippen LogP contribution in [0, 0.1) is 25.6 Å². The minimum absolute atomic E-state index is 0.346. The summed E-state index contributed by atoms with van der Waals surface area (Å²) in [4.78, 5) is 13.1. The van der Waals surface area contributed by atoms with E-state index >= 15 is 0 Å². The maximum Gasteiger partial charge on any atom is 0.259 e. The molecule has 5 nitrogen and oxygen atoms in total. The van der Waals surface area contributed by atoms with E-state index in [1.165, 1.54) is 6.07 Å². The molecule has 1 N–H and O–H groups in total. The number of anilines is 1. The molecule has 0 aliphatic heterocycles. The average Bonchev–Trinajstić information content (AvgIpc) is 3.07. The number of hydrogen-bond acceptors (Lipinski definition) is 3. The molecule has 152 valence electrons. The van der Waals surface area contributed by atoms with Crippen LogP contribution in [-0.2, 0) is 6.54 Å². The second kappa shape index (κ2) is 8.47. The third-order valence-electron chi connectivity index (χ3n) is 4.60. The highest BCUT2D eigenvalue weighted by Gasteiger charge is 2.21. The highest BCUT2D eigenvalue weighted by molar-refractivity contribution is 6.08. The van der Waals surface area contributed by atoms with E-state index in [4.69, 9.17) is 4.74 Å². The summed E-state index contributed by atoms with van der Waals surface area (Å²) in [6, 6.07) is 10.4. The van der Waals surface area contributed by atoms with Crippen LogP contribution in [0.15, 0.2) is 42.6 Å². The summed E-state index contributed by atoms with van der Waals surface area (Å²) in [6.45, 7) is 8.50. The van der Waals surface area contributed by atoms with Gasteiger partial charge < -0.3 is 10.1 Å². The number of nitrogens with one attached hydrogen (secondary N) is 1. The van der Waals surface area contributed by atoms with Crippen LogP contribution in [-0.4, -0.2) is 22.8 Å². The molecule has 0 spiro atoms. The summed E-state index contributed by atoms with van der Waals surface area (Å²) in [5, 5.41) is 7.45. The van der Waals surface area contributed by atoms with E-state index in [0.717, 1.165) is 11.1 Å². The first-order valence-corrected chi connectivity index (χ1v) is 9.58. The van der Waals surface area contributed by atoms with E-state index in [1.807, 2.05) is 25.1 Å². The number of nitrogens with zero attached hydrogens (tertiary/aromatic N) is 2. The van der Waals surface area contributed by atoms with Gasteiger partial charge in [-0.05, 0) is 49.6 Å². The molecular weight excluding hydrogens is 369 g/mol. The number of carbonyl (C=O) groups is 1. The Morgan fingerprint density at radius 3 is 2.62 bits per heavy atom. The van der Waals surface area contributed by atoms with E-state index in [9.17, 15) is 9.18 Å². The lowest BCUT2D eigenvalue weighted by Gasteiger charge is -2.10. The maximum atomic E-state index is 13.9. The number of carbonyl (C=O) groups excluding carboxylic acids is 1. The van der Waals surface area contributed by atoms with Crippen molar-refractivity contribution >= 4 is 11.6 Å². The Morgan fingerprint density at radius 1 is 1.21 bits per heavy atom. The zero-order valence-corrected chi connectivity index (χ0v) is 17.4. The Bertz CT molecular complexity index is 1040. The van der Waals surface area contributed by atoms with Crippen LogP contribution >= 0.6 is 0 Å². The highest BCUT2D eigenvalue weighted by Crippen LogP contribution is 2.33. The molecule has 29 heavy (non-hydrogen) atoms. The molecule has 6 heteroatoms. The molecule has 2 aromatic carbocycles. The van der Waals surface area contributed by atoms with Gasteiger partial charge in [0.2, 0.25) is 0 Å². The van der Waals surface area contributed by atoms with Gasteiger partial charge in [-0.25, -0.2) is 4.39 Å². The van der Waals surface area contributed by atoms with Gasteiger partial charge in [0.05, 0.1) is 12.7 Å². The van der Waals surface area contributed by atoms with Crippen molar-refractivity contribution in [1.29, 1.82) is 0 Å². The molecule has 0 aliphatic rings. The lowest BCUT2D eigenvalue weighted by molar-refractivity contribution is 0.102. The average molecular weight is 395 g/mol. The van der Waals surface area contributed by atoms with Gasteiger partial charge in [0.15, 0.2) is 0 Å². The van der Waals surface area contributed by atoms with Gasteiger partial charge >= 0.3 is 0 Å². The minimum Gasteiger partial charge on any atom is -0.496 e. The molecule has 0 radical (unpaired) electrons. The smallest absolute Gasteiger partial charge is 0.259 e. The third-order valence-corrected chi connectivity index (χ3v) is 4.60. The molecule has 1 aromatic heterocycles. The fourth-order valence-corrected chi connectivity index (χ4v) is 3.13. The van der Waals surface area contributed by atoms with Gasteiger partial charge in [-0.3, -0.25) is 9.48 Å². The predicted molar refractivity (Wildman–Crippen MR) is 113 cm³/mol. The van der Waals surface area contributed by atoms with Crippen molar-refractivity contribution in [1.82, 2.24) is 9.78 Å². The molecule has 0 bridgehead atoms. The van der Waals surface area contributed by atoms with Crippen LogP contribution in [0.5, 0.6) is 5.75 Å². The summed E-state index contributed by atoms with van der Waals surface area (Å²) in [5.74, 6) is 0.297. The van der Waals surface area contributed by atoms with E-state index in [0.29, 0.717) is 40.7 Å². The van der Waals surface area contributed by atoms with E-state index in [2.05, 4.69) is 24.3 Å². The Labute approximate surface area is 170 Å². The quantitative estimate of drug-likeness (QED) is 0.622. The van der Waals surface area contributed by atoms with Crippen molar-refractivity contribution in [3.63, 3.8) is 0 Å². The van der Waals surface area contributed by atoms with E-state index < -0.39 is 0 Å². The van der Waals surface area contributed by atoms with Gasteiger partial charge in [0.1, 0.15) is 17.3 Å². The van der Waals surface area contributed by atoms with Crippen LogP contribution < -0.4 is 10.1 Å². The van der Waals surface area contributed by atoms with Crippen LogP contribution in [0.4, 0.5) is 10.1 Å². The molecule has 0 unspecified atom stereocenters. The van der Waals surface area contributed by atoms with Gasteiger partial charge in [-0.15, -0.1) is 0 Å². The number of benzene rings is 2. The molecule has 0 fully saturated rings. The van der Waals surface area contributed by atoms with Crippen LogP contribution in [0.2, 0.25) is 0 Å². The summed E-state index contributed by atoms with van der Waals surface area (Å²) in [5.41, 5.74) is 3.66. The zero-order chi connectivity index (χ0) is 21.1. The first kappa shape index (κ1) is 20.6. The molecule has 0 aliphatic carbocycles. The topological polar surface area (TPSA) is 56.2 Å². The third kappa shape index (κ3) is 4.65. The Balaban J connectivity index is 2.05. The number of halogens is 1. The van der Waals surface area contributed by atoms with Crippen molar-refractivity contribution in [2.24, 2.45) is 5.92 Å². The SMILES string of the molecule is COc1ccc(C)cc1-c1nn(CC(C)C)cc1C(=O)Nc1ccc(C)c(F)c1. The second-order valence-electron chi connectivity index (χ2n) is 7.63. The fourth-order valence-electron chi connectivity index (χ4n) is 3.13. The number of aryl methyl sites for hydroxylation is 2. The Morgan fingerprint density at radius 2 is 1.97 bits per heavy atom. The van der Waals surface area contributed by atoms with Crippen molar-refractivity contribution in [2.45, 2.75) is 34.2 Å². The molecular formula is C23H26FN3O2. The summed E-state index contributed by atoms with van der Waals surface area (Å²) in [6.07, 6.45) is 1.73. The zero-order valence-electron chi connectivity index (χ0n) is 17.4. The van der Waals surface area contributed by atoms with Crippen LogP contribution in [0.3, 0.4) is 0 Å². The van der Waals surface area contributed by atoms with Crippen LogP contribution in [0.1, 0.15) is 35.3 Å². The first-order chi connectivity index (χ1) is 13.8. The van der Waals surface area contributed by atoms with Crippen molar-refractivity contribution in [2.75, 3.05) is 12.4 Å². The Kier molecular flexibility index (Phi) is 6.01.